The van der Waals surface area contributed by atoms with Gasteiger partial charge in [0, 0.05) is 6.42 Å². The molecule has 228 valence electrons. The number of hydrogen-bond donors (Lipinski definition) is 7. The molecule has 7 nitrogen and oxygen atoms in total. The second kappa shape index (κ2) is 20.6. The summed E-state index contributed by atoms with van der Waals surface area (Å²) in [5.41, 5.74) is 0. The number of rotatable bonds is 0. The first kappa shape index (κ1) is 35.7. The average molecular weight is 547 g/mol. The monoisotopic (exact) mass is 546 g/mol. The van der Waals surface area contributed by atoms with Crippen LogP contribution >= 0.6 is 0 Å². The van der Waals surface area contributed by atoms with E-state index in [1.807, 2.05) is 0 Å². The van der Waals surface area contributed by atoms with Crippen molar-refractivity contribution < 1.29 is 35.7 Å². The summed E-state index contributed by atoms with van der Waals surface area (Å²) in [6.07, 6.45) is 25.9. The summed E-state index contributed by atoms with van der Waals surface area (Å²) in [6.45, 7) is 0. The van der Waals surface area contributed by atoms with Gasteiger partial charge in [0.15, 0.2) is 0 Å². The summed E-state index contributed by atoms with van der Waals surface area (Å²) < 4.78 is 0. The second-order valence-electron chi connectivity index (χ2n) is 12.1. The van der Waals surface area contributed by atoms with Gasteiger partial charge in [0.2, 0.25) is 5.79 Å². The summed E-state index contributed by atoms with van der Waals surface area (Å²) >= 11 is 0. The van der Waals surface area contributed by atoms with Crippen LogP contribution in [0, 0.1) is 0 Å². The zero-order valence-corrected chi connectivity index (χ0v) is 24.3. The molecule has 0 aromatic carbocycles. The highest BCUT2D eigenvalue weighted by Crippen LogP contribution is 2.35. The van der Waals surface area contributed by atoms with Crippen molar-refractivity contribution >= 4 is 0 Å². The van der Waals surface area contributed by atoms with Gasteiger partial charge in [-0.15, -0.1) is 0 Å². The highest BCUT2D eigenvalue weighted by molar-refractivity contribution is 4.97. The molecule has 1 aliphatic rings. The van der Waals surface area contributed by atoms with Crippen molar-refractivity contribution in [3.8, 4) is 0 Å². The largest absolute Gasteiger partial charge is 0.387 e. The van der Waals surface area contributed by atoms with Gasteiger partial charge in [0.1, 0.15) is 6.10 Å². The third kappa shape index (κ3) is 14.4. The molecule has 0 saturated heterocycles. The molecule has 0 heterocycles. The summed E-state index contributed by atoms with van der Waals surface area (Å²) in [5, 5.41) is 72.0. The molecule has 0 aromatic heterocycles. The van der Waals surface area contributed by atoms with Crippen molar-refractivity contribution in [1.82, 2.24) is 0 Å². The van der Waals surface area contributed by atoms with Crippen LogP contribution in [0.1, 0.15) is 173 Å². The highest BCUT2D eigenvalue weighted by Gasteiger charge is 2.63. The van der Waals surface area contributed by atoms with Gasteiger partial charge >= 0.3 is 0 Å². The molecular weight excluding hydrogens is 484 g/mol. The average Bonchev–Trinajstić information content (AvgIpc) is 2.87. The molecule has 1 atom stereocenters. The molecule has 0 bridgehead atoms. The Morgan fingerprint density at radius 1 is 0.342 bits per heavy atom. The van der Waals surface area contributed by atoms with Crippen LogP contribution in [0.2, 0.25) is 0 Å². The lowest BCUT2D eigenvalue weighted by Crippen LogP contribution is -2.72. The Morgan fingerprint density at radius 2 is 0.579 bits per heavy atom. The highest BCUT2D eigenvalue weighted by atomic mass is 16.7. The third-order valence-corrected chi connectivity index (χ3v) is 8.54. The Bertz CT molecular complexity index is 550. The minimum absolute atomic E-state index is 0.0774. The predicted molar refractivity (Wildman–Crippen MR) is 152 cm³/mol. The van der Waals surface area contributed by atoms with Crippen molar-refractivity contribution in [2.45, 2.75) is 197 Å². The molecule has 1 rings (SSSR count). The van der Waals surface area contributed by atoms with E-state index in [1.54, 1.807) is 0 Å². The van der Waals surface area contributed by atoms with Crippen LogP contribution in [0.5, 0.6) is 0 Å². The minimum Gasteiger partial charge on any atom is -0.387 e. The zero-order chi connectivity index (χ0) is 28.2. The van der Waals surface area contributed by atoms with E-state index in [1.165, 1.54) is 103 Å². The number of hydrogen-bond acceptors (Lipinski definition) is 7. The first-order valence-electron chi connectivity index (χ1n) is 16.2. The van der Waals surface area contributed by atoms with Gasteiger partial charge in [-0.3, -0.25) is 0 Å². The van der Waals surface area contributed by atoms with Crippen LogP contribution in [0.25, 0.3) is 0 Å². The number of aliphatic hydroxyl groups is 7. The minimum atomic E-state index is -3.68. The Labute approximate surface area is 232 Å². The predicted octanol–water partition coefficient (Wildman–Crippen LogP) is 5.94. The summed E-state index contributed by atoms with van der Waals surface area (Å²) in [6, 6.07) is 0. The molecule has 7 heteroatoms. The zero-order valence-electron chi connectivity index (χ0n) is 24.3. The Balaban J connectivity index is 2.46. The first-order valence-corrected chi connectivity index (χ1v) is 16.2. The molecule has 0 aliphatic heterocycles. The fraction of sp³-hybridized carbons (Fsp3) is 1.00. The van der Waals surface area contributed by atoms with Gasteiger partial charge in [-0.2, -0.15) is 0 Å². The van der Waals surface area contributed by atoms with E-state index in [4.69, 9.17) is 0 Å². The van der Waals surface area contributed by atoms with E-state index in [0.717, 1.165) is 38.5 Å². The fourth-order valence-electron chi connectivity index (χ4n) is 5.68. The van der Waals surface area contributed by atoms with Crippen LogP contribution in [0.15, 0.2) is 0 Å². The van der Waals surface area contributed by atoms with Crippen LogP contribution in [-0.2, 0) is 0 Å². The van der Waals surface area contributed by atoms with Gasteiger partial charge in [-0.25, -0.2) is 0 Å². The molecule has 0 amide bonds. The second-order valence-corrected chi connectivity index (χ2v) is 12.1. The first-order chi connectivity index (χ1) is 18.1. The summed E-state index contributed by atoms with van der Waals surface area (Å²) in [7, 11) is 0. The summed E-state index contributed by atoms with van der Waals surface area (Å²) in [5.74, 6) is -10.3. The van der Waals surface area contributed by atoms with Gasteiger partial charge in [-0.1, -0.05) is 154 Å². The molecule has 0 aromatic rings. The van der Waals surface area contributed by atoms with Crippen LogP contribution < -0.4 is 0 Å². The Hall–Kier alpha value is -0.280. The molecule has 1 saturated carbocycles. The lowest BCUT2D eigenvalue weighted by atomic mass is 9.86. The van der Waals surface area contributed by atoms with E-state index in [9.17, 15) is 35.7 Å². The fourth-order valence-corrected chi connectivity index (χ4v) is 5.68. The Kier molecular flexibility index (Phi) is 19.4. The smallest absolute Gasteiger partial charge is 0.276 e. The topological polar surface area (TPSA) is 142 Å². The molecule has 1 aliphatic carbocycles. The quantitative estimate of drug-likeness (QED) is 0.187. The summed E-state index contributed by atoms with van der Waals surface area (Å²) in [4.78, 5) is 0. The van der Waals surface area contributed by atoms with Crippen LogP contribution in [0.3, 0.4) is 0 Å². The molecular formula is C31H62O7. The van der Waals surface area contributed by atoms with E-state index in [0.29, 0.717) is 19.3 Å². The Morgan fingerprint density at radius 3 is 0.868 bits per heavy atom. The third-order valence-electron chi connectivity index (χ3n) is 8.54. The van der Waals surface area contributed by atoms with Crippen molar-refractivity contribution in [2.24, 2.45) is 0 Å². The van der Waals surface area contributed by atoms with Crippen molar-refractivity contribution in [3.63, 3.8) is 0 Å². The van der Waals surface area contributed by atoms with Gasteiger partial charge in [-0.05, 0) is 12.8 Å². The maximum Gasteiger partial charge on any atom is 0.276 e. The van der Waals surface area contributed by atoms with Crippen molar-refractivity contribution in [3.05, 3.63) is 0 Å². The SMILES string of the molecule is OC1CCCCCCCCCCCCCCCCCCCCCCCCCCCC(O)(O)C(O)(O)C1(O)O. The van der Waals surface area contributed by atoms with Gasteiger partial charge in [0.05, 0.1) is 0 Å². The molecule has 0 spiro atoms. The van der Waals surface area contributed by atoms with Crippen molar-refractivity contribution in [2.75, 3.05) is 0 Å². The molecule has 1 unspecified atom stereocenters. The van der Waals surface area contributed by atoms with Crippen molar-refractivity contribution in [1.29, 1.82) is 0 Å². The van der Waals surface area contributed by atoms with E-state index >= 15 is 0 Å². The van der Waals surface area contributed by atoms with E-state index in [2.05, 4.69) is 0 Å². The standard InChI is InChI=1S/C31H62O7/c32-28-26-24-22-20-18-16-14-12-10-8-6-4-2-1-3-5-7-9-11-13-15-17-19-21-23-25-27-29(33,34)31(37,38)30(28,35)36/h28,32-38H,1-27H2. The van der Waals surface area contributed by atoms with E-state index < -0.39 is 29.9 Å². The maximum absolute atomic E-state index is 10.3. The maximum atomic E-state index is 10.3. The molecule has 38 heavy (non-hydrogen) atoms. The molecule has 1 fully saturated rings. The molecule has 0 radical (unpaired) electrons. The van der Waals surface area contributed by atoms with Gasteiger partial charge < -0.3 is 35.7 Å². The van der Waals surface area contributed by atoms with E-state index in [-0.39, 0.29) is 6.42 Å². The van der Waals surface area contributed by atoms with Crippen LogP contribution in [-0.4, -0.2) is 59.2 Å². The lowest BCUT2D eigenvalue weighted by Gasteiger charge is -2.44. The van der Waals surface area contributed by atoms with Crippen LogP contribution in [0.4, 0.5) is 0 Å². The number of aliphatic hydroxyl groups excluding tert-OH is 1. The lowest BCUT2D eigenvalue weighted by molar-refractivity contribution is -0.467. The normalized spacial score (nSPS) is 28.0. The molecule has 7 N–H and O–H groups in total. The van der Waals surface area contributed by atoms with Gasteiger partial charge in [0.25, 0.3) is 11.6 Å².